The molecular formula is C17H18O5. The van der Waals surface area contributed by atoms with Gasteiger partial charge >= 0.3 is 11.9 Å². The van der Waals surface area contributed by atoms with Crippen molar-refractivity contribution in [2.45, 2.75) is 13.8 Å². The lowest BCUT2D eigenvalue weighted by Gasteiger charge is -2.07. The Bertz CT molecular complexity index is 558. The maximum Gasteiger partial charge on any atom is 0.345 e. The molecule has 0 heterocycles. The van der Waals surface area contributed by atoms with Crippen LogP contribution in [0.3, 0.4) is 0 Å². The summed E-state index contributed by atoms with van der Waals surface area (Å²) in [6.07, 6.45) is 6.53. The summed E-state index contributed by atoms with van der Waals surface area (Å²) in [4.78, 5) is 23.7. The van der Waals surface area contributed by atoms with Crippen molar-refractivity contribution in [2.24, 2.45) is 0 Å². The van der Waals surface area contributed by atoms with Crippen LogP contribution in [0.1, 0.15) is 19.4 Å². The van der Waals surface area contributed by atoms with Crippen molar-refractivity contribution in [3.63, 3.8) is 0 Å². The molecule has 116 valence electrons. The fourth-order valence-electron chi connectivity index (χ4n) is 1.57. The van der Waals surface area contributed by atoms with E-state index in [1.165, 1.54) is 6.08 Å². The molecule has 0 radical (unpaired) electrons. The largest absolute Gasteiger partial charge is 0.481 e. The fourth-order valence-corrected chi connectivity index (χ4v) is 1.57. The second-order valence-corrected chi connectivity index (χ2v) is 4.06. The van der Waals surface area contributed by atoms with Crippen LogP contribution in [0.4, 0.5) is 0 Å². The first kappa shape index (κ1) is 17.3. The van der Waals surface area contributed by atoms with E-state index in [-0.39, 0.29) is 25.4 Å². The lowest BCUT2D eigenvalue weighted by Crippen LogP contribution is -2.18. The highest BCUT2D eigenvalue weighted by atomic mass is 16.6. The van der Waals surface area contributed by atoms with E-state index in [1.807, 2.05) is 0 Å². The van der Waals surface area contributed by atoms with Crippen LogP contribution in [-0.4, -0.2) is 31.8 Å². The maximum atomic E-state index is 11.8. The van der Waals surface area contributed by atoms with E-state index in [2.05, 4.69) is 5.92 Å². The van der Waals surface area contributed by atoms with Crippen LogP contribution < -0.4 is 4.74 Å². The Hall–Kier alpha value is -2.74. The summed E-state index contributed by atoms with van der Waals surface area (Å²) in [5, 5.41) is 0. The molecule has 0 atom stereocenters. The quantitative estimate of drug-likeness (QED) is 0.254. The smallest absolute Gasteiger partial charge is 0.345 e. The van der Waals surface area contributed by atoms with Crippen LogP contribution in [0.5, 0.6) is 5.75 Å². The Balaban J connectivity index is 2.97. The molecule has 0 aromatic heterocycles. The van der Waals surface area contributed by atoms with Crippen LogP contribution in [0.15, 0.2) is 29.8 Å². The molecule has 0 aliphatic heterocycles. The van der Waals surface area contributed by atoms with Gasteiger partial charge in [0.15, 0.2) is 0 Å². The van der Waals surface area contributed by atoms with E-state index in [4.69, 9.17) is 20.6 Å². The van der Waals surface area contributed by atoms with Gasteiger partial charge in [0.25, 0.3) is 0 Å². The van der Waals surface area contributed by atoms with Crippen molar-refractivity contribution in [3.05, 3.63) is 35.4 Å². The monoisotopic (exact) mass is 302 g/mol. The molecule has 0 spiro atoms. The highest BCUT2D eigenvalue weighted by molar-refractivity contribution is 6.17. The molecule has 0 saturated heterocycles. The van der Waals surface area contributed by atoms with Gasteiger partial charge in [-0.15, -0.1) is 6.42 Å². The Morgan fingerprint density at radius 1 is 1.09 bits per heavy atom. The van der Waals surface area contributed by atoms with Crippen molar-refractivity contribution in [3.8, 4) is 18.1 Å². The molecule has 1 aromatic carbocycles. The van der Waals surface area contributed by atoms with Crippen molar-refractivity contribution >= 4 is 18.0 Å². The van der Waals surface area contributed by atoms with Gasteiger partial charge < -0.3 is 14.2 Å². The van der Waals surface area contributed by atoms with E-state index >= 15 is 0 Å². The lowest BCUT2D eigenvalue weighted by atomic mass is 10.1. The average molecular weight is 302 g/mol. The normalized spacial score (nSPS) is 9.32. The van der Waals surface area contributed by atoms with E-state index in [0.29, 0.717) is 11.3 Å². The van der Waals surface area contributed by atoms with Crippen molar-refractivity contribution < 1.29 is 23.8 Å². The summed E-state index contributed by atoms with van der Waals surface area (Å²) in [5.41, 5.74) is 0.491. The van der Waals surface area contributed by atoms with Gasteiger partial charge in [-0.1, -0.05) is 18.1 Å². The molecule has 0 unspecified atom stereocenters. The summed E-state index contributed by atoms with van der Waals surface area (Å²) in [7, 11) is 0. The summed E-state index contributed by atoms with van der Waals surface area (Å²) >= 11 is 0. The zero-order valence-electron chi connectivity index (χ0n) is 12.6. The molecule has 22 heavy (non-hydrogen) atoms. The lowest BCUT2D eigenvalue weighted by molar-refractivity contribution is -0.146. The number of terminal acetylenes is 1. The number of carbonyl (C=O) groups is 2. The number of ether oxygens (including phenoxy) is 3. The minimum atomic E-state index is -0.714. The number of hydrogen-bond donors (Lipinski definition) is 0. The molecule has 0 fully saturated rings. The molecule has 1 aromatic rings. The highest BCUT2D eigenvalue weighted by Gasteiger charge is 2.20. The first-order valence-electron chi connectivity index (χ1n) is 6.84. The van der Waals surface area contributed by atoms with Crippen LogP contribution in [0.2, 0.25) is 0 Å². The highest BCUT2D eigenvalue weighted by Crippen LogP contribution is 2.16. The Labute approximate surface area is 129 Å². The second-order valence-electron chi connectivity index (χ2n) is 4.06. The van der Waals surface area contributed by atoms with Crippen molar-refractivity contribution in [1.82, 2.24) is 0 Å². The second kappa shape index (κ2) is 9.24. The zero-order valence-corrected chi connectivity index (χ0v) is 12.6. The number of hydrogen-bond acceptors (Lipinski definition) is 5. The van der Waals surface area contributed by atoms with Crippen molar-refractivity contribution in [1.29, 1.82) is 0 Å². The summed E-state index contributed by atoms with van der Waals surface area (Å²) in [6, 6.07) is 6.78. The molecule has 0 bridgehead atoms. The topological polar surface area (TPSA) is 61.8 Å². The molecule has 0 aliphatic rings. The maximum absolute atomic E-state index is 11.8. The number of esters is 2. The predicted molar refractivity (Wildman–Crippen MR) is 82.0 cm³/mol. The van der Waals surface area contributed by atoms with E-state index in [1.54, 1.807) is 38.1 Å². The minimum absolute atomic E-state index is 0.152. The van der Waals surface area contributed by atoms with Gasteiger partial charge in [0, 0.05) is 0 Å². The minimum Gasteiger partial charge on any atom is -0.481 e. The van der Waals surface area contributed by atoms with Gasteiger partial charge in [0.05, 0.1) is 13.2 Å². The van der Waals surface area contributed by atoms with Crippen LogP contribution in [-0.2, 0) is 19.1 Å². The standard InChI is InChI=1S/C17H18O5/c1-4-11-22-14-9-7-13(8-10-14)12-15(16(18)20-5-2)17(19)21-6-3/h1,7-10,12H,5-6,11H2,2-3H3. The molecule has 0 amide bonds. The van der Waals surface area contributed by atoms with Gasteiger partial charge in [-0.25, -0.2) is 9.59 Å². The fraction of sp³-hybridized carbons (Fsp3) is 0.294. The summed E-state index contributed by atoms with van der Waals surface area (Å²) in [6.45, 7) is 3.85. The number of rotatable bonds is 7. The average Bonchev–Trinajstić information content (AvgIpc) is 2.52. The van der Waals surface area contributed by atoms with Crippen LogP contribution in [0, 0.1) is 12.3 Å². The Morgan fingerprint density at radius 3 is 2.09 bits per heavy atom. The first-order chi connectivity index (χ1) is 10.6. The summed E-state index contributed by atoms with van der Waals surface area (Å²) in [5.74, 6) is 1.54. The molecule has 5 heteroatoms. The third kappa shape index (κ3) is 5.33. The molecule has 0 aliphatic carbocycles. The number of benzene rings is 1. The molecule has 5 nitrogen and oxygen atoms in total. The van der Waals surface area contributed by atoms with Gasteiger partial charge in [-0.3, -0.25) is 0 Å². The summed E-state index contributed by atoms with van der Waals surface area (Å²) < 4.78 is 15.0. The van der Waals surface area contributed by atoms with E-state index in [9.17, 15) is 9.59 Å². The van der Waals surface area contributed by atoms with Crippen molar-refractivity contribution in [2.75, 3.05) is 19.8 Å². The van der Waals surface area contributed by atoms with Gasteiger partial charge in [0.2, 0.25) is 0 Å². The van der Waals surface area contributed by atoms with Gasteiger partial charge in [-0.2, -0.15) is 0 Å². The van der Waals surface area contributed by atoms with E-state index < -0.39 is 11.9 Å². The van der Waals surface area contributed by atoms with Crippen LogP contribution >= 0.6 is 0 Å². The van der Waals surface area contributed by atoms with Gasteiger partial charge in [-0.05, 0) is 37.6 Å². The molecule has 0 N–H and O–H groups in total. The molecule has 0 saturated carbocycles. The first-order valence-corrected chi connectivity index (χ1v) is 6.84. The molecular weight excluding hydrogens is 284 g/mol. The Morgan fingerprint density at radius 2 is 1.64 bits per heavy atom. The SMILES string of the molecule is C#CCOc1ccc(C=C(C(=O)OCC)C(=O)OCC)cc1. The van der Waals surface area contributed by atoms with Crippen LogP contribution in [0.25, 0.3) is 6.08 Å². The number of carbonyl (C=O) groups excluding carboxylic acids is 2. The van der Waals surface area contributed by atoms with Gasteiger partial charge in [0.1, 0.15) is 17.9 Å². The van der Waals surface area contributed by atoms with E-state index in [0.717, 1.165) is 0 Å². The Kier molecular flexibility index (Phi) is 7.27. The molecule has 1 rings (SSSR count). The third-order valence-electron chi connectivity index (χ3n) is 2.50. The third-order valence-corrected chi connectivity index (χ3v) is 2.50. The zero-order chi connectivity index (χ0) is 16.4. The predicted octanol–water partition coefficient (Wildman–Crippen LogP) is 2.21.